The van der Waals surface area contributed by atoms with Crippen molar-refractivity contribution in [2.75, 3.05) is 11.9 Å². The summed E-state index contributed by atoms with van der Waals surface area (Å²) in [6, 6.07) is 5.17. The molecule has 0 unspecified atom stereocenters. The van der Waals surface area contributed by atoms with Crippen LogP contribution in [0.4, 0.5) is 18.9 Å². The van der Waals surface area contributed by atoms with Gasteiger partial charge in [-0.3, -0.25) is 9.59 Å². The van der Waals surface area contributed by atoms with Gasteiger partial charge in [-0.2, -0.15) is 23.7 Å². The van der Waals surface area contributed by atoms with Crippen molar-refractivity contribution in [2.24, 2.45) is 0 Å². The highest BCUT2D eigenvalue weighted by Crippen LogP contribution is 2.31. The number of nitrogens with zero attached hydrogens (tertiary/aromatic N) is 2. The zero-order valence-corrected chi connectivity index (χ0v) is 10.3. The Labute approximate surface area is 116 Å². The second-order valence-corrected chi connectivity index (χ2v) is 3.66. The number of rotatable bonds is 2. The number of benzene rings is 1. The Kier molecular flexibility index (Phi) is 4.86. The lowest BCUT2D eigenvalue weighted by atomic mass is 10.1. The fourth-order valence-electron chi connectivity index (χ4n) is 1.30. The van der Waals surface area contributed by atoms with Crippen LogP contribution in [0.1, 0.15) is 11.1 Å². The number of hydrogen-bond donors (Lipinski definition) is 2. The van der Waals surface area contributed by atoms with E-state index in [0.29, 0.717) is 12.1 Å². The van der Waals surface area contributed by atoms with Crippen LogP contribution in [0.15, 0.2) is 18.2 Å². The highest BCUT2D eigenvalue weighted by atomic mass is 19.4. The minimum Gasteiger partial charge on any atom is -0.335 e. The summed E-state index contributed by atoms with van der Waals surface area (Å²) in [7, 11) is 0. The zero-order chi connectivity index (χ0) is 16.0. The van der Waals surface area contributed by atoms with Gasteiger partial charge >= 0.3 is 18.0 Å². The number of halogens is 3. The Hall–Kier alpha value is -3.07. The van der Waals surface area contributed by atoms with E-state index in [1.165, 1.54) is 6.07 Å². The van der Waals surface area contributed by atoms with Crippen molar-refractivity contribution in [3.8, 4) is 12.1 Å². The lowest BCUT2D eigenvalue weighted by Gasteiger charge is -2.10. The fraction of sp³-hybridized carbons (Fsp3) is 0.167. The maximum Gasteiger partial charge on any atom is 0.416 e. The van der Waals surface area contributed by atoms with E-state index >= 15 is 0 Å². The van der Waals surface area contributed by atoms with Gasteiger partial charge in [0.05, 0.1) is 22.9 Å². The van der Waals surface area contributed by atoms with E-state index < -0.39 is 35.7 Å². The van der Waals surface area contributed by atoms with Gasteiger partial charge in [0, 0.05) is 0 Å². The predicted octanol–water partition coefficient (Wildman–Crippen LogP) is 1.16. The largest absolute Gasteiger partial charge is 0.416 e. The molecular formula is C12H7F3N4O2. The first-order chi connectivity index (χ1) is 9.79. The molecule has 0 atom stereocenters. The number of alkyl halides is 3. The maximum absolute atomic E-state index is 12.5. The van der Waals surface area contributed by atoms with Crippen LogP contribution in [-0.4, -0.2) is 18.4 Å². The molecule has 0 spiro atoms. The van der Waals surface area contributed by atoms with Crippen molar-refractivity contribution in [3.63, 3.8) is 0 Å². The van der Waals surface area contributed by atoms with Gasteiger partial charge < -0.3 is 10.6 Å². The summed E-state index contributed by atoms with van der Waals surface area (Å²) < 4.78 is 37.4. The summed E-state index contributed by atoms with van der Waals surface area (Å²) in [5.41, 5.74) is -1.72. The predicted molar refractivity (Wildman–Crippen MR) is 63.4 cm³/mol. The van der Waals surface area contributed by atoms with Crippen LogP contribution in [0.3, 0.4) is 0 Å². The van der Waals surface area contributed by atoms with Crippen molar-refractivity contribution in [1.82, 2.24) is 5.32 Å². The third-order valence-electron chi connectivity index (χ3n) is 2.25. The molecule has 0 saturated heterocycles. The smallest absolute Gasteiger partial charge is 0.335 e. The molecular weight excluding hydrogens is 289 g/mol. The topological polar surface area (TPSA) is 106 Å². The first-order valence-corrected chi connectivity index (χ1v) is 5.37. The van der Waals surface area contributed by atoms with Gasteiger partial charge in [0.25, 0.3) is 0 Å². The molecule has 6 nitrogen and oxygen atoms in total. The number of amides is 2. The maximum atomic E-state index is 12.5. The average molecular weight is 296 g/mol. The summed E-state index contributed by atoms with van der Waals surface area (Å²) in [5.74, 6) is -2.33. The van der Waals surface area contributed by atoms with E-state index in [9.17, 15) is 22.8 Å². The standard InChI is InChI=1S/C12H7F3N4O2/c13-12(14,15)8-1-2-9(7(5-8)6-17)19-11(21)10(20)18-4-3-16/h1-2,5H,4H2,(H,18,20)(H,19,21). The van der Waals surface area contributed by atoms with Crippen molar-refractivity contribution in [2.45, 2.75) is 6.18 Å². The van der Waals surface area contributed by atoms with E-state index in [4.69, 9.17) is 10.5 Å². The molecule has 108 valence electrons. The molecule has 21 heavy (non-hydrogen) atoms. The summed E-state index contributed by atoms with van der Waals surface area (Å²) in [4.78, 5) is 22.6. The summed E-state index contributed by atoms with van der Waals surface area (Å²) >= 11 is 0. The number of carbonyl (C=O) groups excluding carboxylic acids is 2. The van der Waals surface area contributed by atoms with Gasteiger partial charge in [-0.15, -0.1) is 0 Å². The second kappa shape index (κ2) is 6.39. The number of carbonyl (C=O) groups is 2. The number of hydrogen-bond acceptors (Lipinski definition) is 4. The van der Waals surface area contributed by atoms with Crippen LogP contribution in [-0.2, 0) is 15.8 Å². The van der Waals surface area contributed by atoms with Gasteiger partial charge in [-0.1, -0.05) is 0 Å². The minimum atomic E-state index is -4.63. The van der Waals surface area contributed by atoms with Gasteiger partial charge in [0.1, 0.15) is 12.6 Å². The Bertz CT molecular complexity index is 656. The van der Waals surface area contributed by atoms with Crippen LogP contribution >= 0.6 is 0 Å². The third kappa shape index (κ3) is 4.21. The summed E-state index contributed by atoms with van der Waals surface area (Å²) in [5, 5.41) is 21.0. The fourth-order valence-corrected chi connectivity index (χ4v) is 1.30. The molecule has 0 bridgehead atoms. The van der Waals surface area contributed by atoms with E-state index in [-0.39, 0.29) is 5.69 Å². The molecule has 0 fully saturated rings. The molecule has 0 heterocycles. The molecule has 1 aromatic rings. The Balaban J connectivity index is 2.95. The second-order valence-electron chi connectivity index (χ2n) is 3.66. The van der Waals surface area contributed by atoms with E-state index in [0.717, 1.165) is 6.07 Å². The monoisotopic (exact) mass is 296 g/mol. The quantitative estimate of drug-likeness (QED) is 0.630. The van der Waals surface area contributed by atoms with Gasteiger partial charge in [-0.25, -0.2) is 0 Å². The van der Waals surface area contributed by atoms with Crippen LogP contribution < -0.4 is 10.6 Å². The van der Waals surface area contributed by atoms with E-state index in [2.05, 4.69) is 0 Å². The average Bonchev–Trinajstić information content (AvgIpc) is 2.43. The Morgan fingerprint density at radius 2 is 1.86 bits per heavy atom. The normalized spacial score (nSPS) is 10.1. The van der Waals surface area contributed by atoms with Crippen LogP contribution in [0, 0.1) is 22.7 Å². The molecule has 1 aromatic carbocycles. The third-order valence-corrected chi connectivity index (χ3v) is 2.25. The first kappa shape index (κ1) is 16.0. The molecule has 2 N–H and O–H groups in total. The molecule has 0 saturated carbocycles. The van der Waals surface area contributed by atoms with Crippen molar-refractivity contribution < 1.29 is 22.8 Å². The number of anilines is 1. The SMILES string of the molecule is N#CCNC(=O)C(=O)Nc1ccc(C(F)(F)F)cc1C#N. The Morgan fingerprint density at radius 3 is 2.38 bits per heavy atom. The molecule has 0 aliphatic carbocycles. The molecule has 0 aliphatic heterocycles. The molecule has 0 aliphatic rings. The molecule has 0 radical (unpaired) electrons. The van der Waals surface area contributed by atoms with E-state index in [1.807, 2.05) is 10.6 Å². The summed E-state index contributed by atoms with van der Waals surface area (Å²) in [6.45, 7) is -0.398. The van der Waals surface area contributed by atoms with Crippen LogP contribution in [0.25, 0.3) is 0 Å². The summed E-state index contributed by atoms with van der Waals surface area (Å²) in [6.07, 6.45) is -4.63. The van der Waals surface area contributed by atoms with Crippen molar-refractivity contribution >= 4 is 17.5 Å². The van der Waals surface area contributed by atoms with Crippen molar-refractivity contribution in [1.29, 1.82) is 10.5 Å². The molecule has 2 amide bonds. The number of nitrogens with one attached hydrogen (secondary N) is 2. The molecule has 1 rings (SSSR count). The van der Waals surface area contributed by atoms with Crippen LogP contribution in [0.5, 0.6) is 0 Å². The number of nitriles is 2. The highest BCUT2D eigenvalue weighted by Gasteiger charge is 2.31. The first-order valence-electron chi connectivity index (χ1n) is 5.37. The molecule has 9 heteroatoms. The van der Waals surface area contributed by atoms with Gasteiger partial charge in [0.2, 0.25) is 0 Å². The van der Waals surface area contributed by atoms with Crippen molar-refractivity contribution in [3.05, 3.63) is 29.3 Å². The Morgan fingerprint density at radius 1 is 1.19 bits per heavy atom. The van der Waals surface area contributed by atoms with E-state index in [1.54, 1.807) is 6.07 Å². The lowest BCUT2D eigenvalue weighted by Crippen LogP contribution is -2.35. The zero-order valence-electron chi connectivity index (χ0n) is 10.3. The van der Waals surface area contributed by atoms with Gasteiger partial charge in [0.15, 0.2) is 0 Å². The minimum absolute atomic E-state index is 0.234. The van der Waals surface area contributed by atoms with Crippen LogP contribution in [0.2, 0.25) is 0 Å². The molecule has 0 aromatic heterocycles. The highest BCUT2D eigenvalue weighted by molar-refractivity contribution is 6.39. The lowest BCUT2D eigenvalue weighted by molar-refractivity contribution is -0.137. The van der Waals surface area contributed by atoms with Gasteiger partial charge in [-0.05, 0) is 18.2 Å².